The second-order valence-electron chi connectivity index (χ2n) is 6.01. The van der Waals surface area contributed by atoms with Crippen molar-refractivity contribution in [1.29, 1.82) is 5.26 Å². The Morgan fingerprint density at radius 3 is 2.48 bits per heavy atom. The van der Waals surface area contributed by atoms with Crippen LogP contribution in [-0.4, -0.2) is 71.5 Å². The quantitative estimate of drug-likeness (QED) is 0.792. The number of amides is 1. The summed E-state index contributed by atoms with van der Waals surface area (Å²) in [6, 6.07) is 3.78. The van der Waals surface area contributed by atoms with Gasteiger partial charge in [0.2, 0.25) is 11.9 Å². The molecule has 23 heavy (non-hydrogen) atoms. The Kier molecular flexibility index (Phi) is 5.88. The number of nitriles is 1. The Morgan fingerprint density at radius 1 is 1.30 bits per heavy atom. The molecule has 0 saturated carbocycles. The van der Waals surface area contributed by atoms with Crippen molar-refractivity contribution >= 4 is 11.9 Å². The molecule has 1 aromatic heterocycles. The number of rotatable bonds is 5. The van der Waals surface area contributed by atoms with Crippen LogP contribution in [0.1, 0.15) is 13.8 Å². The van der Waals surface area contributed by atoms with Crippen LogP contribution >= 0.6 is 0 Å². The van der Waals surface area contributed by atoms with E-state index in [1.165, 1.54) is 0 Å². The molecule has 1 fully saturated rings. The minimum Gasteiger partial charge on any atom is -0.338 e. The van der Waals surface area contributed by atoms with E-state index >= 15 is 0 Å². The number of aromatic nitrogens is 2. The van der Waals surface area contributed by atoms with Gasteiger partial charge in [-0.05, 0) is 27.0 Å². The van der Waals surface area contributed by atoms with E-state index in [2.05, 4.69) is 20.9 Å². The molecule has 0 aliphatic carbocycles. The van der Waals surface area contributed by atoms with Crippen LogP contribution in [-0.2, 0) is 4.79 Å². The molecule has 124 valence electrons. The zero-order valence-electron chi connectivity index (χ0n) is 14.0. The van der Waals surface area contributed by atoms with Crippen LogP contribution in [0.5, 0.6) is 0 Å². The fourth-order valence-corrected chi connectivity index (χ4v) is 2.67. The minimum absolute atomic E-state index is 0.0812. The highest BCUT2D eigenvalue weighted by Crippen LogP contribution is 2.12. The lowest BCUT2D eigenvalue weighted by Gasteiger charge is -2.37. The summed E-state index contributed by atoms with van der Waals surface area (Å²) in [7, 11) is 1.89. The van der Waals surface area contributed by atoms with Crippen molar-refractivity contribution in [2.75, 3.05) is 44.7 Å². The zero-order valence-corrected chi connectivity index (χ0v) is 14.0. The number of likely N-dealkylation sites (N-methyl/N-ethyl adjacent to an activating group) is 1. The number of nitrogens with zero attached hydrogens (tertiary/aromatic N) is 6. The van der Waals surface area contributed by atoms with E-state index < -0.39 is 0 Å². The predicted octanol–water partition coefficient (Wildman–Crippen LogP) is 0.605. The SMILES string of the molecule is CC(C#N)CN(C)C(C)C(=O)N1CCN(c2ncccn2)CC1. The summed E-state index contributed by atoms with van der Waals surface area (Å²) in [5, 5.41) is 8.90. The number of anilines is 1. The van der Waals surface area contributed by atoms with Crippen LogP contribution in [0, 0.1) is 17.2 Å². The number of carbonyl (C=O) groups is 1. The smallest absolute Gasteiger partial charge is 0.239 e. The molecular weight excluding hydrogens is 292 g/mol. The van der Waals surface area contributed by atoms with Crippen LogP contribution in [0.2, 0.25) is 0 Å². The molecule has 1 amide bonds. The van der Waals surface area contributed by atoms with Gasteiger partial charge in [0.05, 0.1) is 18.0 Å². The van der Waals surface area contributed by atoms with Crippen molar-refractivity contribution in [3.8, 4) is 6.07 Å². The highest BCUT2D eigenvalue weighted by Gasteiger charge is 2.28. The molecule has 0 N–H and O–H groups in total. The highest BCUT2D eigenvalue weighted by molar-refractivity contribution is 5.81. The van der Waals surface area contributed by atoms with E-state index in [1.54, 1.807) is 18.5 Å². The summed E-state index contributed by atoms with van der Waals surface area (Å²) < 4.78 is 0. The summed E-state index contributed by atoms with van der Waals surface area (Å²) in [5.41, 5.74) is 0. The molecule has 1 aliphatic heterocycles. The lowest BCUT2D eigenvalue weighted by atomic mass is 10.1. The molecule has 0 bridgehead atoms. The first-order chi connectivity index (χ1) is 11.0. The standard InChI is InChI=1S/C16H24N6O/c1-13(11-17)12-20(3)14(2)15(23)21-7-9-22(10-8-21)16-18-5-4-6-19-16/h4-6,13-14H,7-10,12H2,1-3H3. The van der Waals surface area contributed by atoms with Gasteiger partial charge < -0.3 is 9.80 Å². The molecule has 2 heterocycles. The molecule has 7 nitrogen and oxygen atoms in total. The number of piperazine rings is 1. The first-order valence-electron chi connectivity index (χ1n) is 7.93. The Labute approximate surface area is 137 Å². The van der Waals surface area contributed by atoms with Gasteiger partial charge in [0.1, 0.15) is 0 Å². The fraction of sp³-hybridized carbons (Fsp3) is 0.625. The van der Waals surface area contributed by atoms with Gasteiger partial charge in [0.25, 0.3) is 0 Å². The Morgan fingerprint density at radius 2 is 1.91 bits per heavy atom. The van der Waals surface area contributed by atoms with Crippen molar-refractivity contribution in [2.45, 2.75) is 19.9 Å². The Balaban J connectivity index is 1.87. The van der Waals surface area contributed by atoms with Gasteiger partial charge in [-0.2, -0.15) is 5.26 Å². The molecule has 1 aromatic rings. The van der Waals surface area contributed by atoms with E-state index in [1.807, 2.05) is 30.7 Å². The third-order valence-corrected chi connectivity index (χ3v) is 4.23. The molecule has 1 saturated heterocycles. The molecule has 2 atom stereocenters. The van der Waals surface area contributed by atoms with Crippen LogP contribution in [0.15, 0.2) is 18.5 Å². The summed E-state index contributed by atoms with van der Waals surface area (Å²) in [5.74, 6) is 0.751. The molecule has 0 aromatic carbocycles. The lowest BCUT2D eigenvalue weighted by molar-refractivity contribution is -0.136. The largest absolute Gasteiger partial charge is 0.338 e. The first kappa shape index (κ1) is 17.2. The van der Waals surface area contributed by atoms with Gasteiger partial charge in [0.15, 0.2) is 0 Å². The second kappa shape index (κ2) is 7.88. The highest BCUT2D eigenvalue weighted by atomic mass is 16.2. The van der Waals surface area contributed by atoms with Gasteiger partial charge >= 0.3 is 0 Å². The van der Waals surface area contributed by atoms with Gasteiger partial charge in [-0.1, -0.05) is 0 Å². The molecule has 0 radical (unpaired) electrons. The van der Waals surface area contributed by atoms with Crippen LogP contribution < -0.4 is 4.90 Å². The fourth-order valence-electron chi connectivity index (χ4n) is 2.67. The van der Waals surface area contributed by atoms with Crippen molar-refractivity contribution in [2.24, 2.45) is 5.92 Å². The maximum Gasteiger partial charge on any atom is 0.239 e. The van der Waals surface area contributed by atoms with Gasteiger partial charge in [0, 0.05) is 45.1 Å². The van der Waals surface area contributed by atoms with Crippen LogP contribution in [0.3, 0.4) is 0 Å². The molecule has 2 rings (SSSR count). The topological polar surface area (TPSA) is 76.4 Å². The lowest BCUT2D eigenvalue weighted by Crippen LogP contribution is -2.54. The summed E-state index contributed by atoms with van der Waals surface area (Å²) in [6.45, 7) is 7.18. The van der Waals surface area contributed by atoms with Crippen molar-refractivity contribution in [3.05, 3.63) is 18.5 Å². The predicted molar refractivity (Wildman–Crippen MR) is 87.7 cm³/mol. The molecule has 0 spiro atoms. The average molecular weight is 316 g/mol. The number of hydrogen-bond acceptors (Lipinski definition) is 6. The van der Waals surface area contributed by atoms with Gasteiger partial charge in [-0.15, -0.1) is 0 Å². The van der Waals surface area contributed by atoms with Crippen molar-refractivity contribution < 1.29 is 4.79 Å². The maximum atomic E-state index is 12.6. The Bertz CT molecular complexity index is 549. The van der Waals surface area contributed by atoms with Crippen LogP contribution in [0.4, 0.5) is 5.95 Å². The van der Waals surface area contributed by atoms with E-state index in [-0.39, 0.29) is 17.9 Å². The monoisotopic (exact) mass is 316 g/mol. The maximum absolute atomic E-state index is 12.6. The van der Waals surface area contributed by atoms with E-state index in [0.717, 1.165) is 13.1 Å². The van der Waals surface area contributed by atoms with Crippen LogP contribution in [0.25, 0.3) is 0 Å². The summed E-state index contributed by atoms with van der Waals surface area (Å²) >= 11 is 0. The summed E-state index contributed by atoms with van der Waals surface area (Å²) in [4.78, 5) is 27.0. The van der Waals surface area contributed by atoms with Crippen molar-refractivity contribution in [1.82, 2.24) is 19.8 Å². The van der Waals surface area contributed by atoms with Gasteiger partial charge in [-0.3, -0.25) is 9.69 Å². The molecule has 7 heteroatoms. The van der Waals surface area contributed by atoms with E-state index in [0.29, 0.717) is 25.6 Å². The van der Waals surface area contributed by atoms with Crippen molar-refractivity contribution in [3.63, 3.8) is 0 Å². The number of hydrogen-bond donors (Lipinski definition) is 0. The molecule has 2 unspecified atom stereocenters. The second-order valence-corrected chi connectivity index (χ2v) is 6.01. The van der Waals surface area contributed by atoms with E-state index in [4.69, 9.17) is 5.26 Å². The molecule has 1 aliphatic rings. The zero-order chi connectivity index (χ0) is 16.8. The normalized spacial score (nSPS) is 17.7. The first-order valence-corrected chi connectivity index (χ1v) is 7.93. The van der Waals surface area contributed by atoms with Gasteiger partial charge in [-0.25, -0.2) is 9.97 Å². The third-order valence-electron chi connectivity index (χ3n) is 4.23. The molecular formula is C16H24N6O. The Hall–Kier alpha value is -2.20. The van der Waals surface area contributed by atoms with E-state index in [9.17, 15) is 4.79 Å². The number of carbonyl (C=O) groups excluding carboxylic acids is 1. The average Bonchev–Trinajstić information content (AvgIpc) is 2.61. The summed E-state index contributed by atoms with van der Waals surface area (Å²) in [6.07, 6.45) is 3.46. The third kappa shape index (κ3) is 4.39. The minimum atomic E-state index is -0.217.